The van der Waals surface area contributed by atoms with Crippen LogP contribution >= 0.6 is 0 Å². The summed E-state index contributed by atoms with van der Waals surface area (Å²) in [6.07, 6.45) is 0.566. The van der Waals surface area contributed by atoms with Crippen molar-refractivity contribution < 1.29 is 18.7 Å². The van der Waals surface area contributed by atoms with Crippen LogP contribution in [0, 0.1) is 0 Å². The van der Waals surface area contributed by atoms with E-state index in [-0.39, 0.29) is 17.1 Å². The maximum atomic E-state index is 11.9. The fourth-order valence-electron chi connectivity index (χ4n) is 1.73. The van der Waals surface area contributed by atoms with Crippen molar-refractivity contribution in [3.63, 3.8) is 0 Å². The second kappa shape index (κ2) is 8.62. The Kier molecular flexibility index (Phi) is 7.44. The average molecular weight is 339 g/mol. The molecule has 130 valence electrons. The van der Waals surface area contributed by atoms with E-state index in [1.807, 2.05) is 18.2 Å². The van der Waals surface area contributed by atoms with Crippen LogP contribution in [0.4, 0.5) is 0 Å². The first-order valence-corrected chi connectivity index (χ1v) is 11.0. The summed E-state index contributed by atoms with van der Waals surface area (Å²) in [6.45, 7) is 11.9. The first-order valence-electron chi connectivity index (χ1n) is 8.06. The predicted molar refractivity (Wildman–Crippen MR) is 95.3 cm³/mol. The van der Waals surface area contributed by atoms with Crippen molar-refractivity contribution >= 4 is 14.3 Å². The van der Waals surface area contributed by atoms with E-state index in [1.54, 1.807) is 19.2 Å². The molecule has 0 saturated carbocycles. The maximum Gasteiger partial charge on any atom is 0.338 e. The molecular weight excluding hydrogens is 308 g/mol. The van der Waals surface area contributed by atoms with Gasteiger partial charge in [-0.2, -0.15) is 0 Å². The monoisotopic (exact) mass is 338 g/mol. The van der Waals surface area contributed by atoms with E-state index in [0.717, 1.165) is 0 Å². The van der Waals surface area contributed by atoms with Gasteiger partial charge in [-0.1, -0.05) is 39.0 Å². The molecule has 0 fully saturated rings. The smallest absolute Gasteiger partial charge is 0.338 e. The van der Waals surface area contributed by atoms with E-state index in [0.29, 0.717) is 25.2 Å². The third-order valence-electron chi connectivity index (χ3n) is 4.45. The van der Waals surface area contributed by atoms with Gasteiger partial charge in [-0.3, -0.25) is 0 Å². The second-order valence-corrected chi connectivity index (χ2v) is 12.0. The van der Waals surface area contributed by atoms with Crippen molar-refractivity contribution in [2.75, 3.05) is 20.3 Å². The van der Waals surface area contributed by atoms with Gasteiger partial charge in [0.25, 0.3) is 0 Å². The van der Waals surface area contributed by atoms with Crippen LogP contribution in [0.15, 0.2) is 30.3 Å². The van der Waals surface area contributed by atoms with E-state index < -0.39 is 8.32 Å². The molecule has 1 unspecified atom stereocenters. The normalized spacial score (nSPS) is 13.7. The third kappa shape index (κ3) is 6.45. The molecule has 0 bridgehead atoms. The van der Waals surface area contributed by atoms with E-state index in [4.69, 9.17) is 13.9 Å². The predicted octanol–water partition coefficient (Wildman–Crippen LogP) is 4.27. The summed E-state index contributed by atoms with van der Waals surface area (Å²) in [6, 6.07) is 9.01. The van der Waals surface area contributed by atoms with Crippen LogP contribution in [-0.4, -0.2) is 40.7 Å². The number of carbonyl (C=O) groups excluding carboxylic acids is 1. The minimum absolute atomic E-state index is 0.0623. The summed E-state index contributed by atoms with van der Waals surface area (Å²) in [5.74, 6) is -0.300. The number of hydrogen-bond acceptors (Lipinski definition) is 4. The summed E-state index contributed by atoms with van der Waals surface area (Å²) in [4.78, 5) is 11.9. The van der Waals surface area contributed by atoms with Crippen LogP contribution in [0.25, 0.3) is 0 Å². The molecule has 23 heavy (non-hydrogen) atoms. The zero-order valence-corrected chi connectivity index (χ0v) is 16.2. The Morgan fingerprint density at radius 3 is 2.30 bits per heavy atom. The lowest BCUT2D eigenvalue weighted by Gasteiger charge is -2.37. The summed E-state index contributed by atoms with van der Waals surface area (Å²) >= 11 is 0. The number of methoxy groups -OCH3 is 1. The lowest BCUT2D eigenvalue weighted by Crippen LogP contribution is -2.43. The molecule has 1 aromatic rings. The number of benzene rings is 1. The molecule has 0 amide bonds. The molecule has 1 rings (SSSR count). The SMILES string of the molecule is COC(CCOC(=O)c1ccccc1)CO[Si](C)(C)C(C)(C)C. The van der Waals surface area contributed by atoms with Gasteiger partial charge in [-0.15, -0.1) is 0 Å². The van der Waals surface area contributed by atoms with E-state index >= 15 is 0 Å². The maximum absolute atomic E-state index is 11.9. The number of rotatable bonds is 8. The van der Waals surface area contributed by atoms with Gasteiger partial charge in [0.15, 0.2) is 8.32 Å². The standard InChI is InChI=1S/C18H30O4Si/c1-18(2,3)23(5,6)22-14-16(20-4)12-13-21-17(19)15-10-8-7-9-11-15/h7-11,16H,12-14H2,1-6H3. The quantitative estimate of drug-likeness (QED) is 0.524. The van der Waals surface area contributed by atoms with Crippen molar-refractivity contribution in [1.29, 1.82) is 0 Å². The minimum Gasteiger partial charge on any atom is -0.462 e. The molecular formula is C18H30O4Si. The molecule has 1 atom stereocenters. The van der Waals surface area contributed by atoms with Crippen molar-refractivity contribution in [1.82, 2.24) is 0 Å². The Labute approximate surface area is 141 Å². The van der Waals surface area contributed by atoms with Gasteiger partial charge < -0.3 is 13.9 Å². The number of hydrogen-bond donors (Lipinski definition) is 0. The Balaban J connectivity index is 2.38. The summed E-state index contributed by atoms with van der Waals surface area (Å²) in [5, 5.41) is 0.172. The average Bonchev–Trinajstić information content (AvgIpc) is 2.50. The molecule has 4 nitrogen and oxygen atoms in total. The molecule has 0 aliphatic carbocycles. The Morgan fingerprint density at radius 2 is 1.78 bits per heavy atom. The zero-order chi connectivity index (χ0) is 17.5. The number of esters is 1. The first kappa shape index (κ1) is 19.9. The Morgan fingerprint density at radius 1 is 1.17 bits per heavy atom. The second-order valence-electron chi connectivity index (χ2n) is 7.22. The molecule has 0 spiro atoms. The van der Waals surface area contributed by atoms with Gasteiger partial charge in [-0.05, 0) is 30.3 Å². The van der Waals surface area contributed by atoms with Crippen LogP contribution in [0.2, 0.25) is 18.1 Å². The van der Waals surface area contributed by atoms with Gasteiger partial charge in [0, 0.05) is 13.5 Å². The molecule has 1 aromatic carbocycles. The fraction of sp³-hybridized carbons (Fsp3) is 0.611. The summed E-state index contributed by atoms with van der Waals surface area (Å²) in [7, 11) is -0.120. The van der Waals surface area contributed by atoms with Crippen LogP contribution in [0.5, 0.6) is 0 Å². The molecule has 0 aliphatic rings. The number of carbonyl (C=O) groups is 1. The largest absolute Gasteiger partial charge is 0.462 e. The van der Waals surface area contributed by atoms with Crippen molar-refractivity contribution in [2.45, 2.75) is 51.4 Å². The first-order chi connectivity index (χ1) is 10.7. The Hall–Kier alpha value is -1.17. The van der Waals surface area contributed by atoms with Crippen LogP contribution in [0.1, 0.15) is 37.6 Å². The van der Waals surface area contributed by atoms with Gasteiger partial charge in [0.2, 0.25) is 0 Å². The molecule has 0 aliphatic heterocycles. The van der Waals surface area contributed by atoms with Crippen LogP contribution < -0.4 is 0 Å². The molecule has 0 aromatic heterocycles. The van der Waals surface area contributed by atoms with Crippen molar-refractivity contribution in [2.24, 2.45) is 0 Å². The van der Waals surface area contributed by atoms with Gasteiger partial charge in [0.05, 0.1) is 24.9 Å². The van der Waals surface area contributed by atoms with E-state index in [2.05, 4.69) is 33.9 Å². The molecule has 0 heterocycles. The topological polar surface area (TPSA) is 44.8 Å². The van der Waals surface area contributed by atoms with Crippen LogP contribution in [0.3, 0.4) is 0 Å². The van der Waals surface area contributed by atoms with Crippen LogP contribution in [-0.2, 0) is 13.9 Å². The highest BCUT2D eigenvalue weighted by Gasteiger charge is 2.37. The molecule has 0 radical (unpaired) electrons. The molecule has 5 heteroatoms. The van der Waals surface area contributed by atoms with Gasteiger partial charge >= 0.3 is 5.97 Å². The Bertz CT molecular complexity index is 480. The van der Waals surface area contributed by atoms with E-state index in [9.17, 15) is 4.79 Å². The van der Waals surface area contributed by atoms with Crippen molar-refractivity contribution in [3.05, 3.63) is 35.9 Å². The van der Waals surface area contributed by atoms with Crippen molar-refractivity contribution in [3.8, 4) is 0 Å². The number of ether oxygens (including phenoxy) is 2. The lowest BCUT2D eigenvalue weighted by molar-refractivity contribution is 0.0194. The fourth-order valence-corrected chi connectivity index (χ4v) is 2.76. The summed E-state index contributed by atoms with van der Waals surface area (Å²) < 4.78 is 16.9. The summed E-state index contributed by atoms with van der Waals surface area (Å²) in [5.41, 5.74) is 0.569. The minimum atomic E-state index is -1.79. The van der Waals surface area contributed by atoms with E-state index in [1.165, 1.54) is 0 Å². The van der Waals surface area contributed by atoms with Gasteiger partial charge in [0.1, 0.15) is 0 Å². The zero-order valence-electron chi connectivity index (χ0n) is 15.2. The van der Waals surface area contributed by atoms with Gasteiger partial charge in [-0.25, -0.2) is 4.79 Å². The highest BCUT2D eigenvalue weighted by Crippen LogP contribution is 2.36. The highest BCUT2D eigenvalue weighted by molar-refractivity contribution is 6.74. The lowest BCUT2D eigenvalue weighted by atomic mass is 10.2. The molecule has 0 N–H and O–H groups in total. The highest BCUT2D eigenvalue weighted by atomic mass is 28.4. The third-order valence-corrected chi connectivity index (χ3v) is 8.95. The molecule has 0 saturated heterocycles.